The molecule has 1 rings (SSSR count). The molecule has 4 heteroatoms. The summed E-state index contributed by atoms with van der Waals surface area (Å²) in [6.07, 6.45) is 3.16. The van der Waals surface area contributed by atoms with Crippen LogP contribution in [0.2, 0.25) is 0 Å². The van der Waals surface area contributed by atoms with Crippen molar-refractivity contribution in [3.05, 3.63) is 18.2 Å². The number of thioether (sulfide) groups is 1. The predicted molar refractivity (Wildman–Crippen MR) is 42.5 cm³/mol. The summed E-state index contributed by atoms with van der Waals surface area (Å²) >= 11 is 1.28. The largest absolute Gasteiger partial charge is 0.495 e. The second-order valence-corrected chi connectivity index (χ2v) is 2.65. The lowest BCUT2D eigenvalue weighted by Crippen LogP contribution is -1.91. The number of halogens is 1. The third kappa shape index (κ3) is 1.63. The molecule has 0 saturated heterocycles. The molecule has 1 heterocycles. The van der Waals surface area contributed by atoms with E-state index < -0.39 is 5.95 Å². The maximum Gasteiger partial charge on any atom is 0.230 e. The van der Waals surface area contributed by atoms with E-state index in [0.29, 0.717) is 10.6 Å². The first kappa shape index (κ1) is 8.33. The molecule has 0 N–H and O–H groups in total. The lowest BCUT2D eigenvalue weighted by Gasteiger charge is -2.04. The highest BCUT2D eigenvalue weighted by Gasteiger charge is 2.07. The molecule has 0 aliphatic carbocycles. The fourth-order valence-electron chi connectivity index (χ4n) is 0.752. The van der Waals surface area contributed by atoms with E-state index in [9.17, 15) is 4.39 Å². The van der Waals surface area contributed by atoms with Crippen LogP contribution in [0.25, 0.3) is 0 Å². The van der Waals surface area contributed by atoms with Gasteiger partial charge in [0.25, 0.3) is 0 Å². The number of aromatic nitrogens is 1. The molecular weight excluding hydrogens is 165 g/mol. The Balaban J connectivity index is 3.13. The standard InChI is InChI=1S/C7H8FNOS/c1-10-5-3-4-9-7(8)6(5)11-2/h3-4H,1-2H3. The fourth-order valence-corrected chi connectivity index (χ4v) is 1.33. The molecule has 0 aliphatic heterocycles. The number of ether oxygens (including phenoxy) is 1. The Kier molecular flexibility index (Phi) is 2.70. The predicted octanol–water partition coefficient (Wildman–Crippen LogP) is 1.95. The van der Waals surface area contributed by atoms with Crippen molar-refractivity contribution in [2.24, 2.45) is 0 Å². The molecule has 0 saturated carbocycles. The number of rotatable bonds is 2. The summed E-state index contributed by atoms with van der Waals surface area (Å²) in [4.78, 5) is 3.94. The monoisotopic (exact) mass is 173 g/mol. The van der Waals surface area contributed by atoms with Crippen molar-refractivity contribution < 1.29 is 9.13 Å². The Bertz CT molecular complexity index is 254. The highest BCUT2D eigenvalue weighted by molar-refractivity contribution is 7.98. The maximum absolute atomic E-state index is 12.8. The summed E-state index contributed by atoms with van der Waals surface area (Å²) in [5, 5.41) is 0. The highest BCUT2D eigenvalue weighted by atomic mass is 32.2. The van der Waals surface area contributed by atoms with Crippen LogP contribution < -0.4 is 4.74 Å². The van der Waals surface area contributed by atoms with Crippen molar-refractivity contribution in [2.45, 2.75) is 4.90 Å². The van der Waals surface area contributed by atoms with Gasteiger partial charge in [-0.3, -0.25) is 0 Å². The molecule has 2 nitrogen and oxygen atoms in total. The highest BCUT2D eigenvalue weighted by Crippen LogP contribution is 2.27. The Morgan fingerprint density at radius 3 is 2.82 bits per heavy atom. The zero-order valence-corrected chi connectivity index (χ0v) is 7.11. The minimum atomic E-state index is -0.475. The van der Waals surface area contributed by atoms with E-state index in [2.05, 4.69) is 4.98 Å². The van der Waals surface area contributed by atoms with E-state index in [0.717, 1.165) is 0 Å². The van der Waals surface area contributed by atoms with Crippen LogP contribution in [0.1, 0.15) is 0 Å². The molecule has 0 amide bonds. The number of methoxy groups -OCH3 is 1. The second-order valence-electron chi connectivity index (χ2n) is 1.84. The molecule has 11 heavy (non-hydrogen) atoms. The first-order chi connectivity index (χ1) is 5.29. The van der Waals surface area contributed by atoms with Crippen LogP contribution in [-0.2, 0) is 0 Å². The van der Waals surface area contributed by atoms with Crippen molar-refractivity contribution in [3.8, 4) is 5.75 Å². The summed E-state index contributed by atoms with van der Waals surface area (Å²) < 4.78 is 17.7. The van der Waals surface area contributed by atoms with Gasteiger partial charge in [-0.15, -0.1) is 11.8 Å². The molecule has 60 valence electrons. The minimum absolute atomic E-state index is 0.454. The molecule has 0 atom stereocenters. The smallest absolute Gasteiger partial charge is 0.230 e. The summed E-state index contributed by atoms with van der Waals surface area (Å²) in [6.45, 7) is 0. The fraction of sp³-hybridized carbons (Fsp3) is 0.286. The molecule has 1 aromatic heterocycles. The zero-order chi connectivity index (χ0) is 8.27. The van der Waals surface area contributed by atoms with Gasteiger partial charge in [0.1, 0.15) is 10.6 Å². The summed E-state index contributed by atoms with van der Waals surface area (Å²) in [6, 6.07) is 1.63. The molecule has 1 aromatic rings. The van der Waals surface area contributed by atoms with Gasteiger partial charge in [0.15, 0.2) is 0 Å². The number of nitrogens with zero attached hydrogens (tertiary/aromatic N) is 1. The SMILES string of the molecule is COc1ccnc(F)c1SC. The van der Waals surface area contributed by atoms with Crippen LogP contribution in [0.3, 0.4) is 0 Å². The topological polar surface area (TPSA) is 22.1 Å². The minimum Gasteiger partial charge on any atom is -0.495 e. The van der Waals surface area contributed by atoms with Crippen molar-refractivity contribution >= 4 is 11.8 Å². The van der Waals surface area contributed by atoms with Gasteiger partial charge in [0.2, 0.25) is 5.95 Å². The Morgan fingerprint density at radius 2 is 2.36 bits per heavy atom. The van der Waals surface area contributed by atoms with Crippen LogP contribution in [-0.4, -0.2) is 18.3 Å². The third-order valence-electron chi connectivity index (χ3n) is 1.25. The number of pyridine rings is 1. The van der Waals surface area contributed by atoms with Crippen LogP contribution >= 0.6 is 11.8 Å². The molecular formula is C7H8FNOS. The summed E-state index contributed by atoms with van der Waals surface area (Å²) in [5.41, 5.74) is 0. The average molecular weight is 173 g/mol. The van der Waals surface area contributed by atoms with Crippen molar-refractivity contribution in [1.29, 1.82) is 0 Å². The van der Waals surface area contributed by atoms with Gasteiger partial charge in [-0.25, -0.2) is 4.98 Å². The molecule has 0 radical (unpaired) electrons. The van der Waals surface area contributed by atoms with Gasteiger partial charge in [-0.2, -0.15) is 4.39 Å². The Morgan fingerprint density at radius 1 is 1.64 bits per heavy atom. The maximum atomic E-state index is 12.8. The van der Waals surface area contributed by atoms with E-state index in [1.165, 1.54) is 25.1 Å². The van der Waals surface area contributed by atoms with Gasteiger partial charge in [0.05, 0.1) is 7.11 Å². The molecule has 0 aromatic carbocycles. The van der Waals surface area contributed by atoms with Crippen molar-refractivity contribution in [3.63, 3.8) is 0 Å². The van der Waals surface area contributed by atoms with E-state index in [1.54, 1.807) is 12.3 Å². The molecule has 0 fully saturated rings. The number of hydrogen-bond donors (Lipinski definition) is 0. The van der Waals surface area contributed by atoms with Gasteiger partial charge < -0.3 is 4.74 Å². The Labute approximate surface area is 68.8 Å². The van der Waals surface area contributed by atoms with Crippen LogP contribution in [0.4, 0.5) is 4.39 Å². The van der Waals surface area contributed by atoms with Crippen LogP contribution in [0, 0.1) is 5.95 Å². The summed E-state index contributed by atoms with van der Waals surface area (Å²) in [5.74, 6) is 0.0573. The zero-order valence-electron chi connectivity index (χ0n) is 6.30. The first-order valence-electron chi connectivity index (χ1n) is 3.02. The van der Waals surface area contributed by atoms with Crippen molar-refractivity contribution in [2.75, 3.05) is 13.4 Å². The molecule has 0 bridgehead atoms. The lowest BCUT2D eigenvalue weighted by atomic mass is 10.4. The third-order valence-corrected chi connectivity index (χ3v) is 2.03. The second kappa shape index (κ2) is 3.57. The van der Waals surface area contributed by atoms with E-state index in [4.69, 9.17) is 4.74 Å². The van der Waals surface area contributed by atoms with Crippen LogP contribution in [0.5, 0.6) is 5.75 Å². The average Bonchev–Trinajstić information content (AvgIpc) is 2.04. The number of hydrogen-bond acceptors (Lipinski definition) is 3. The lowest BCUT2D eigenvalue weighted by molar-refractivity contribution is 0.393. The molecule has 0 unspecified atom stereocenters. The first-order valence-corrected chi connectivity index (χ1v) is 4.24. The normalized spacial score (nSPS) is 9.73. The Hall–Kier alpha value is -0.770. The summed E-state index contributed by atoms with van der Waals surface area (Å²) in [7, 11) is 1.51. The van der Waals surface area contributed by atoms with E-state index in [1.807, 2.05) is 0 Å². The quantitative estimate of drug-likeness (QED) is 0.504. The van der Waals surface area contributed by atoms with E-state index in [-0.39, 0.29) is 0 Å². The van der Waals surface area contributed by atoms with Gasteiger partial charge in [-0.05, 0) is 12.3 Å². The molecule has 0 aliphatic rings. The van der Waals surface area contributed by atoms with Gasteiger partial charge in [-0.1, -0.05) is 0 Å². The molecule has 0 spiro atoms. The van der Waals surface area contributed by atoms with Crippen LogP contribution in [0.15, 0.2) is 17.2 Å². The van der Waals surface area contributed by atoms with E-state index >= 15 is 0 Å². The van der Waals surface area contributed by atoms with Gasteiger partial charge >= 0.3 is 0 Å². The van der Waals surface area contributed by atoms with Crippen molar-refractivity contribution in [1.82, 2.24) is 4.98 Å². The van der Waals surface area contributed by atoms with Gasteiger partial charge in [0, 0.05) is 6.20 Å².